The Hall–Kier alpha value is -1.02. The number of halogens is 2. The second-order valence-corrected chi connectivity index (χ2v) is 7.76. The van der Waals surface area contributed by atoms with E-state index in [2.05, 4.69) is 0 Å². The standard InChI is InChI=1S/C14H17Cl2NO5S/c1-21-10-3-4-11(13(16)12(10)15)23(19,20)17-7-5-9(6-8-17)14(18)22-2/h3-4,9H,5-8H2,1-2H3. The van der Waals surface area contributed by atoms with Crippen molar-refractivity contribution in [1.82, 2.24) is 4.31 Å². The molecule has 0 amide bonds. The summed E-state index contributed by atoms with van der Waals surface area (Å²) in [6, 6.07) is 2.83. The molecule has 0 bridgehead atoms. The number of nitrogens with zero attached hydrogens (tertiary/aromatic N) is 1. The van der Waals surface area contributed by atoms with Crippen molar-refractivity contribution in [1.29, 1.82) is 0 Å². The van der Waals surface area contributed by atoms with Gasteiger partial charge >= 0.3 is 5.97 Å². The number of hydrogen-bond acceptors (Lipinski definition) is 5. The summed E-state index contributed by atoms with van der Waals surface area (Å²) in [5, 5.41) is -0.0132. The molecular weight excluding hydrogens is 365 g/mol. The molecule has 1 fully saturated rings. The van der Waals surface area contributed by atoms with Crippen molar-refractivity contribution in [2.24, 2.45) is 5.92 Å². The fraction of sp³-hybridized carbons (Fsp3) is 0.500. The summed E-state index contributed by atoms with van der Waals surface area (Å²) in [5.41, 5.74) is 0. The zero-order chi connectivity index (χ0) is 17.2. The van der Waals surface area contributed by atoms with Crippen LogP contribution in [-0.2, 0) is 19.6 Å². The Morgan fingerprint density at radius 2 is 1.78 bits per heavy atom. The number of sulfonamides is 1. The Kier molecular flexibility index (Phi) is 5.78. The number of hydrogen-bond donors (Lipinski definition) is 0. The first-order chi connectivity index (χ1) is 10.8. The van der Waals surface area contributed by atoms with E-state index < -0.39 is 10.0 Å². The van der Waals surface area contributed by atoms with Gasteiger partial charge in [0.05, 0.1) is 25.2 Å². The lowest BCUT2D eigenvalue weighted by Crippen LogP contribution is -2.40. The summed E-state index contributed by atoms with van der Waals surface area (Å²) >= 11 is 12.1. The van der Waals surface area contributed by atoms with E-state index in [9.17, 15) is 13.2 Å². The van der Waals surface area contributed by atoms with Gasteiger partial charge in [0.2, 0.25) is 10.0 Å². The lowest BCUT2D eigenvalue weighted by Gasteiger charge is -2.30. The van der Waals surface area contributed by atoms with E-state index in [1.807, 2.05) is 0 Å². The summed E-state index contributed by atoms with van der Waals surface area (Å²) in [4.78, 5) is 11.5. The maximum absolute atomic E-state index is 12.7. The molecule has 0 aliphatic carbocycles. The number of carbonyl (C=O) groups excluding carboxylic acids is 1. The van der Waals surface area contributed by atoms with Crippen molar-refractivity contribution in [3.63, 3.8) is 0 Å². The topological polar surface area (TPSA) is 72.9 Å². The molecule has 128 valence electrons. The van der Waals surface area contributed by atoms with Crippen molar-refractivity contribution < 1.29 is 22.7 Å². The highest BCUT2D eigenvalue weighted by Gasteiger charge is 2.34. The van der Waals surface area contributed by atoms with E-state index in [1.165, 1.54) is 30.7 Å². The van der Waals surface area contributed by atoms with Crippen LogP contribution in [0.15, 0.2) is 17.0 Å². The maximum atomic E-state index is 12.7. The van der Waals surface area contributed by atoms with Crippen LogP contribution >= 0.6 is 23.2 Å². The largest absolute Gasteiger partial charge is 0.495 e. The molecule has 0 aromatic heterocycles. The number of methoxy groups -OCH3 is 2. The summed E-state index contributed by atoms with van der Waals surface area (Å²) in [5.74, 6) is -0.283. The third-order valence-corrected chi connectivity index (χ3v) is 6.76. The van der Waals surface area contributed by atoms with Crippen molar-refractivity contribution >= 4 is 39.2 Å². The molecule has 0 atom stereocenters. The van der Waals surface area contributed by atoms with Crippen molar-refractivity contribution in [2.75, 3.05) is 27.3 Å². The Balaban J connectivity index is 2.24. The predicted molar refractivity (Wildman–Crippen MR) is 86.5 cm³/mol. The third kappa shape index (κ3) is 3.57. The van der Waals surface area contributed by atoms with Gasteiger partial charge in [-0.3, -0.25) is 4.79 Å². The van der Waals surface area contributed by atoms with Gasteiger partial charge in [-0.1, -0.05) is 23.2 Å². The summed E-state index contributed by atoms with van der Waals surface area (Å²) < 4.78 is 36.5. The van der Waals surface area contributed by atoms with Crippen LogP contribution in [0.1, 0.15) is 12.8 Å². The Labute approximate surface area is 145 Å². The minimum Gasteiger partial charge on any atom is -0.495 e. The normalized spacial score (nSPS) is 17.0. The van der Waals surface area contributed by atoms with Gasteiger partial charge in [-0.25, -0.2) is 8.42 Å². The predicted octanol–water partition coefficient (Wildman–Crippen LogP) is 2.58. The third-order valence-electron chi connectivity index (χ3n) is 3.84. The average Bonchev–Trinajstić information content (AvgIpc) is 2.56. The van der Waals surface area contributed by atoms with Gasteiger partial charge in [0.15, 0.2) is 0 Å². The Bertz CT molecular complexity index is 699. The molecule has 9 heteroatoms. The average molecular weight is 382 g/mol. The Morgan fingerprint density at radius 3 is 2.30 bits per heavy atom. The van der Waals surface area contributed by atoms with Crippen LogP contribution in [-0.4, -0.2) is 46.0 Å². The molecule has 23 heavy (non-hydrogen) atoms. The molecule has 0 radical (unpaired) electrons. The van der Waals surface area contributed by atoms with E-state index in [-0.39, 0.29) is 39.9 Å². The number of rotatable bonds is 4. The molecule has 1 aliphatic heterocycles. The van der Waals surface area contributed by atoms with E-state index in [0.29, 0.717) is 18.6 Å². The molecule has 0 spiro atoms. The highest BCUT2D eigenvalue weighted by molar-refractivity contribution is 7.89. The SMILES string of the molecule is COC(=O)C1CCN(S(=O)(=O)c2ccc(OC)c(Cl)c2Cl)CC1. The number of esters is 1. The van der Waals surface area contributed by atoms with Gasteiger partial charge in [-0.05, 0) is 25.0 Å². The lowest BCUT2D eigenvalue weighted by atomic mass is 9.99. The maximum Gasteiger partial charge on any atom is 0.308 e. The van der Waals surface area contributed by atoms with Crippen molar-refractivity contribution in [2.45, 2.75) is 17.7 Å². The fourth-order valence-corrected chi connectivity index (χ4v) is 4.79. The van der Waals surface area contributed by atoms with Crippen LogP contribution in [0.25, 0.3) is 0 Å². The van der Waals surface area contributed by atoms with Crippen LogP contribution in [0.3, 0.4) is 0 Å². The van der Waals surface area contributed by atoms with Gasteiger partial charge in [0, 0.05) is 13.1 Å². The molecule has 0 saturated carbocycles. The van der Waals surface area contributed by atoms with Gasteiger partial charge in [0.1, 0.15) is 15.7 Å². The monoisotopic (exact) mass is 381 g/mol. The first-order valence-corrected chi connectivity index (χ1v) is 9.12. The summed E-state index contributed by atoms with van der Waals surface area (Å²) in [6.07, 6.45) is 0.820. The molecule has 1 aromatic carbocycles. The van der Waals surface area contributed by atoms with Gasteiger partial charge in [-0.15, -0.1) is 0 Å². The van der Waals surface area contributed by atoms with E-state index in [1.54, 1.807) is 0 Å². The molecule has 0 unspecified atom stereocenters. The van der Waals surface area contributed by atoms with Gasteiger partial charge in [0.25, 0.3) is 0 Å². The minimum atomic E-state index is -3.79. The summed E-state index contributed by atoms with van der Waals surface area (Å²) in [6.45, 7) is 0.449. The molecular formula is C14H17Cl2NO5S. The minimum absolute atomic E-state index is 0.0553. The number of piperidine rings is 1. The molecule has 1 saturated heterocycles. The number of ether oxygens (including phenoxy) is 2. The highest BCUT2D eigenvalue weighted by Crippen LogP contribution is 2.38. The first-order valence-electron chi connectivity index (χ1n) is 6.93. The second-order valence-electron chi connectivity index (χ2n) is 5.10. The van der Waals surface area contributed by atoms with Crippen LogP contribution in [0.5, 0.6) is 5.75 Å². The molecule has 0 N–H and O–H groups in total. The van der Waals surface area contributed by atoms with E-state index in [0.717, 1.165) is 0 Å². The van der Waals surface area contributed by atoms with Crippen molar-refractivity contribution in [3.05, 3.63) is 22.2 Å². The zero-order valence-corrected chi connectivity index (χ0v) is 15.0. The van der Waals surface area contributed by atoms with Crippen LogP contribution in [0.4, 0.5) is 0 Å². The van der Waals surface area contributed by atoms with E-state index in [4.69, 9.17) is 32.7 Å². The fourth-order valence-electron chi connectivity index (χ4n) is 2.51. The highest BCUT2D eigenvalue weighted by atomic mass is 35.5. The molecule has 1 aliphatic rings. The smallest absolute Gasteiger partial charge is 0.308 e. The Morgan fingerprint density at radius 1 is 1.17 bits per heavy atom. The van der Waals surface area contributed by atoms with Gasteiger partial charge in [-0.2, -0.15) is 4.31 Å². The van der Waals surface area contributed by atoms with Crippen LogP contribution in [0, 0.1) is 5.92 Å². The van der Waals surface area contributed by atoms with E-state index >= 15 is 0 Å². The quantitative estimate of drug-likeness (QED) is 0.749. The first kappa shape index (κ1) is 18.3. The number of benzene rings is 1. The molecule has 6 nitrogen and oxygen atoms in total. The number of carbonyl (C=O) groups is 1. The molecule has 2 rings (SSSR count). The van der Waals surface area contributed by atoms with Crippen LogP contribution < -0.4 is 4.74 Å². The van der Waals surface area contributed by atoms with Crippen LogP contribution in [0.2, 0.25) is 10.0 Å². The lowest BCUT2D eigenvalue weighted by molar-refractivity contribution is -0.146. The second kappa shape index (κ2) is 7.25. The summed E-state index contributed by atoms with van der Waals surface area (Å²) in [7, 11) is -1.04. The molecule has 1 heterocycles. The zero-order valence-electron chi connectivity index (χ0n) is 12.7. The van der Waals surface area contributed by atoms with Crippen molar-refractivity contribution in [3.8, 4) is 5.75 Å². The molecule has 1 aromatic rings. The van der Waals surface area contributed by atoms with Gasteiger partial charge < -0.3 is 9.47 Å².